The van der Waals surface area contributed by atoms with Crippen molar-refractivity contribution in [1.29, 1.82) is 0 Å². The fraction of sp³-hybridized carbons (Fsp3) is 0.412. The highest BCUT2D eigenvalue weighted by Gasteiger charge is 2.37. The van der Waals surface area contributed by atoms with Gasteiger partial charge < -0.3 is 9.64 Å². The second-order valence-corrected chi connectivity index (χ2v) is 8.48. The van der Waals surface area contributed by atoms with Crippen molar-refractivity contribution in [1.82, 2.24) is 14.5 Å². The Labute approximate surface area is 147 Å². The van der Waals surface area contributed by atoms with E-state index in [1.807, 2.05) is 24.0 Å². The third-order valence-electron chi connectivity index (χ3n) is 4.82. The van der Waals surface area contributed by atoms with Crippen molar-refractivity contribution in [3.05, 3.63) is 41.6 Å². The average molecular weight is 360 g/mol. The van der Waals surface area contributed by atoms with Crippen LogP contribution < -0.4 is 9.64 Å². The van der Waals surface area contributed by atoms with Crippen molar-refractivity contribution in [3.63, 3.8) is 0 Å². The van der Waals surface area contributed by atoms with Crippen molar-refractivity contribution in [2.24, 2.45) is 0 Å². The first kappa shape index (κ1) is 16.3. The molecule has 4 rings (SSSR count). The highest BCUT2D eigenvalue weighted by atomic mass is 32.2. The molecule has 0 atom stereocenters. The topological polar surface area (TPSA) is 75.6 Å². The molecule has 0 unspecified atom stereocenters. The van der Waals surface area contributed by atoms with Crippen LogP contribution in [0.1, 0.15) is 11.3 Å². The van der Waals surface area contributed by atoms with Gasteiger partial charge in [0.15, 0.2) is 5.82 Å². The maximum absolute atomic E-state index is 12.9. The molecule has 1 aromatic carbocycles. The molecule has 132 valence electrons. The summed E-state index contributed by atoms with van der Waals surface area (Å²) in [5, 5.41) is 8.19. The van der Waals surface area contributed by atoms with E-state index in [0.29, 0.717) is 24.6 Å². The summed E-state index contributed by atoms with van der Waals surface area (Å²) >= 11 is 0. The lowest BCUT2D eigenvalue weighted by Crippen LogP contribution is -2.60. The van der Waals surface area contributed by atoms with E-state index in [1.54, 1.807) is 25.2 Å². The fourth-order valence-corrected chi connectivity index (χ4v) is 4.51. The summed E-state index contributed by atoms with van der Waals surface area (Å²) in [7, 11) is -1.88. The molecule has 0 saturated carbocycles. The van der Waals surface area contributed by atoms with Gasteiger partial charge in [-0.1, -0.05) is 0 Å². The zero-order valence-corrected chi connectivity index (χ0v) is 15.0. The van der Waals surface area contributed by atoms with Crippen molar-refractivity contribution >= 4 is 15.8 Å². The van der Waals surface area contributed by atoms with E-state index in [-0.39, 0.29) is 6.04 Å². The Morgan fingerprint density at radius 1 is 1.20 bits per heavy atom. The number of nitrogens with zero attached hydrogens (tertiary/aromatic N) is 4. The number of fused-ring (bicyclic) bond motifs is 1. The zero-order valence-electron chi connectivity index (χ0n) is 14.2. The molecule has 1 fully saturated rings. The summed E-state index contributed by atoms with van der Waals surface area (Å²) in [5.41, 5.74) is 1.82. The average Bonchev–Trinajstić information content (AvgIpc) is 3.02. The van der Waals surface area contributed by atoms with Crippen LogP contribution in [-0.2, 0) is 16.4 Å². The summed E-state index contributed by atoms with van der Waals surface area (Å²) in [5.74, 6) is 1.57. The van der Waals surface area contributed by atoms with Crippen LogP contribution in [0.15, 0.2) is 35.2 Å². The maximum Gasteiger partial charge on any atom is 0.243 e. The predicted molar refractivity (Wildman–Crippen MR) is 93.4 cm³/mol. The molecule has 0 spiro atoms. The lowest BCUT2D eigenvalue weighted by atomic mass is 10.1. The smallest absolute Gasteiger partial charge is 0.243 e. The number of sulfonamides is 1. The monoisotopic (exact) mass is 360 g/mol. The molecule has 2 aliphatic heterocycles. The van der Waals surface area contributed by atoms with Gasteiger partial charge in [0, 0.05) is 26.6 Å². The molecule has 1 saturated heterocycles. The number of rotatable bonds is 4. The molecular formula is C17H20N4O3S. The second kappa shape index (κ2) is 5.96. The van der Waals surface area contributed by atoms with Gasteiger partial charge in [0.05, 0.1) is 23.2 Å². The minimum atomic E-state index is -3.52. The van der Waals surface area contributed by atoms with Crippen LogP contribution in [0, 0.1) is 6.92 Å². The van der Waals surface area contributed by atoms with Gasteiger partial charge in [-0.25, -0.2) is 8.42 Å². The van der Waals surface area contributed by atoms with Gasteiger partial charge in [-0.2, -0.15) is 9.40 Å². The molecule has 0 radical (unpaired) electrons. The van der Waals surface area contributed by atoms with E-state index in [0.717, 1.165) is 29.2 Å². The molecular weight excluding hydrogens is 340 g/mol. The molecule has 0 N–H and O–H groups in total. The number of anilines is 1. The highest BCUT2D eigenvalue weighted by Crippen LogP contribution is 2.30. The van der Waals surface area contributed by atoms with E-state index in [9.17, 15) is 8.42 Å². The van der Waals surface area contributed by atoms with E-state index >= 15 is 0 Å². The first-order valence-electron chi connectivity index (χ1n) is 8.24. The molecule has 7 nitrogen and oxygen atoms in total. The maximum atomic E-state index is 12.9. The number of hydrogen-bond donors (Lipinski definition) is 0. The SMILES string of the molecule is Cc1ccc(N2CC(N(C)S(=O)(=O)c3ccc4c(c3)CCO4)C2)nn1. The van der Waals surface area contributed by atoms with Crippen molar-refractivity contribution in [2.45, 2.75) is 24.3 Å². The second-order valence-electron chi connectivity index (χ2n) is 6.48. The molecule has 3 heterocycles. The van der Waals surface area contributed by atoms with Gasteiger partial charge in [0.2, 0.25) is 10.0 Å². The van der Waals surface area contributed by atoms with Gasteiger partial charge in [0.25, 0.3) is 0 Å². The van der Waals surface area contributed by atoms with E-state index in [4.69, 9.17) is 4.74 Å². The van der Waals surface area contributed by atoms with Gasteiger partial charge >= 0.3 is 0 Å². The van der Waals surface area contributed by atoms with Gasteiger partial charge in [0.1, 0.15) is 5.75 Å². The number of hydrogen-bond acceptors (Lipinski definition) is 6. The first-order valence-corrected chi connectivity index (χ1v) is 9.68. The van der Waals surface area contributed by atoms with Crippen molar-refractivity contribution in [3.8, 4) is 5.75 Å². The van der Waals surface area contributed by atoms with Crippen LogP contribution in [0.5, 0.6) is 5.75 Å². The summed E-state index contributed by atoms with van der Waals surface area (Å²) in [6.07, 6.45) is 0.756. The lowest BCUT2D eigenvalue weighted by molar-refractivity contribution is 0.309. The van der Waals surface area contributed by atoms with Crippen LogP contribution in [-0.4, -0.2) is 55.7 Å². The normalized spacial score (nSPS) is 17.3. The quantitative estimate of drug-likeness (QED) is 0.816. The van der Waals surface area contributed by atoms with Gasteiger partial charge in [-0.15, -0.1) is 5.10 Å². The zero-order chi connectivity index (χ0) is 17.6. The summed E-state index contributed by atoms with van der Waals surface area (Å²) < 4.78 is 32.7. The minimum Gasteiger partial charge on any atom is -0.493 e. The fourth-order valence-electron chi connectivity index (χ4n) is 3.12. The Balaban J connectivity index is 1.47. The third-order valence-corrected chi connectivity index (χ3v) is 6.73. The summed E-state index contributed by atoms with van der Waals surface area (Å²) in [6.45, 7) is 3.73. The number of ether oxygens (including phenoxy) is 1. The molecule has 25 heavy (non-hydrogen) atoms. The number of benzene rings is 1. The first-order chi connectivity index (χ1) is 11.9. The van der Waals surface area contributed by atoms with Crippen LogP contribution in [0.2, 0.25) is 0 Å². The molecule has 1 aromatic heterocycles. The van der Waals surface area contributed by atoms with Crippen molar-refractivity contribution in [2.75, 3.05) is 31.6 Å². The van der Waals surface area contributed by atoms with Crippen molar-refractivity contribution < 1.29 is 13.2 Å². The van der Waals surface area contributed by atoms with Gasteiger partial charge in [-0.3, -0.25) is 0 Å². The Hall–Kier alpha value is -2.19. The van der Waals surface area contributed by atoms with E-state index in [2.05, 4.69) is 10.2 Å². The van der Waals surface area contributed by atoms with Crippen LogP contribution in [0.4, 0.5) is 5.82 Å². The van der Waals surface area contributed by atoms with Crippen LogP contribution in [0.3, 0.4) is 0 Å². The van der Waals surface area contributed by atoms with Crippen LogP contribution in [0.25, 0.3) is 0 Å². The lowest BCUT2D eigenvalue weighted by Gasteiger charge is -2.43. The highest BCUT2D eigenvalue weighted by molar-refractivity contribution is 7.89. The van der Waals surface area contributed by atoms with Crippen LogP contribution >= 0.6 is 0 Å². The molecule has 0 aliphatic carbocycles. The van der Waals surface area contributed by atoms with E-state index < -0.39 is 10.0 Å². The Morgan fingerprint density at radius 2 is 2.00 bits per heavy atom. The molecule has 0 bridgehead atoms. The summed E-state index contributed by atoms with van der Waals surface area (Å²) in [6, 6.07) is 8.85. The largest absolute Gasteiger partial charge is 0.493 e. The third kappa shape index (κ3) is 2.85. The molecule has 2 aliphatic rings. The van der Waals surface area contributed by atoms with Gasteiger partial charge in [-0.05, 0) is 42.8 Å². The standard InChI is InChI=1S/C17H20N4O3S/c1-12-3-6-17(19-18-12)21-10-14(11-21)20(2)25(22,23)15-4-5-16-13(9-15)7-8-24-16/h3-6,9,14H,7-8,10-11H2,1-2H3. The Bertz CT molecular complexity index is 893. The molecule has 2 aromatic rings. The molecule has 0 amide bonds. The Morgan fingerprint density at radius 3 is 2.72 bits per heavy atom. The minimum absolute atomic E-state index is 0.0717. The number of likely N-dealkylation sites (N-methyl/N-ethyl adjacent to an activating group) is 1. The van der Waals surface area contributed by atoms with E-state index in [1.165, 1.54) is 4.31 Å². The molecule has 8 heteroatoms. The number of aryl methyl sites for hydroxylation is 1. The Kier molecular flexibility index (Phi) is 3.88. The predicted octanol–water partition coefficient (Wildman–Crippen LogP) is 1.23. The number of aromatic nitrogens is 2. The summed E-state index contributed by atoms with van der Waals surface area (Å²) in [4.78, 5) is 2.35.